The Hall–Kier alpha value is -5.23. The minimum Gasteiger partial charge on any atom is -0.339 e. The number of carbonyl (C=O) groups excluding carboxylic acids is 2. The monoisotopic (exact) mass is 602 g/mol. The number of aryl methyl sites for hydroxylation is 1. The number of carbonyl (C=O) groups is 2. The Morgan fingerprint density at radius 1 is 0.978 bits per heavy atom. The smallest absolute Gasteiger partial charge is 0.274 e. The van der Waals surface area contributed by atoms with Crippen molar-refractivity contribution in [3.05, 3.63) is 106 Å². The average Bonchev–Trinajstić information content (AvgIpc) is 3.04. The molecule has 2 aromatic heterocycles. The van der Waals surface area contributed by atoms with Gasteiger partial charge in [-0.2, -0.15) is 5.26 Å². The summed E-state index contributed by atoms with van der Waals surface area (Å²) in [6.45, 7) is 9.44. The molecule has 230 valence electrons. The number of nitrogens with zero attached hydrogens (tertiary/aromatic N) is 4. The maximum Gasteiger partial charge on any atom is 0.274 e. The summed E-state index contributed by atoms with van der Waals surface area (Å²) in [6, 6.07) is 20.7. The Bertz CT molecular complexity index is 1820. The largest absolute Gasteiger partial charge is 0.339 e. The van der Waals surface area contributed by atoms with Crippen molar-refractivity contribution in [2.24, 2.45) is 13.0 Å². The predicted molar refractivity (Wildman–Crippen MR) is 177 cm³/mol. The third kappa shape index (κ3) is 6.96. The van der Waals surface area contributed by atoms with Crippen LogP contribution in [0.1, 0.15) is 65.5 Å². The molecule has 1 fully saturated rings. The number of piperidine rings is 1. The predicted octanol–water partition coefficient (Wildman–Crippen LogP) is 6.42. The van der Waals surface area contributed by atoms with Crippen molar-refractivity contribution in [1.29, 1.82) is 5.26 Å². The van der Waals surface area contributed by atoms with Gasteiger partial charge in [-0.15, -0.1) is 0 Å². The Labute approximate surface area is 263 Å². The highest BCUT2D eigenvalue weighted by Crippen LogP contribution is 2.30. The van der Waals surface area contributed by atoms with Gasteiger partial charge in [0.2, 0.25) is 0 Å². The summed E-state index contributed by atoms with van der Waals surface area (Å²) in [7, 11) is 1.68. The molecule has 9 heteroatoms. The summed E-state index contributed by atoms with van der Waals surface area (Å²) in [6.07, 6.45) is 4.62. The molecule has 0 spiro atoms. The van der Waals surface area contributed by atoms with Crippen molar-refractivity contribution in [2.45, 2.75) is 46.0 Å². The van der Waals surface area contributed by atoms with Crippen molar-refractivity contribution in [2.75, 3.05) is 23.7 Å². The molecule has 5 rings (SSSR count). The first kappa shape index (κ1) is 31.2. The number of likely N-dealkylation sites (tertiary alicyclic amines) is 1. The fraction of sp³-hybridized carbons (Fsp3) is 0.306. The van der Waals surface area contributed by atoms with Crippen LogP contribution >= 0.6 is 0 Å². The van der Waals surface area contributed by atoms with Crippen LogP contribution in [-0.2, 0) is 12.5 Å². The zero-order chi connectivity index (χ0) is 32.3. The number of nitrogens with one attached hydrogen (secondary N) is 2. The van der Waals surface area contributed by atoms with Gasteiger partial charge in [0.1, 0.15) is 11.5 Å². The first-order valence-electron chi connectivity index (χ1n) is 15.1. The minimum atomic E-state index is -0.234. The highest BCUT2D eigenvalue weighted by Gasteiger charge is 2.24. The lowest BCUT2D eigenvalue weighted by Gasteiger charge is -2.29. The van der Waals surface area contributed by atoms with Gasteiger partial charge in [-0.3, -0.25) is 14.4 Å². The third-order valence-corrected chi connectivity index (χ3v) is 8.33. The molecular formula is C36H38N6O3. The van der Waals surface area contributed by atoms with Crippen LogP contribution in [0.5, 0.6) is 0 Å². The van der Waals surface area contributed by atoms with E-state index in [4.69, 9.17) is 5.26 Å². The van der Waals surface area contributed by atoms with Crippen molar-refractivity contribution < 1.29 is 9.59 Å². The summed E-state index contributed by atoms with van der Waals surface area (Å²) in [5.74, 6) is 0.115. The van der Waals surface area contributed by atoms with Gasteiger partial charge in [-0.25, -0.2) is 4.98 Å². The van der Waals surface area contributed by atoms with Crippen LogP contribution in [-0.4, -0.2) is 39.4 Å². The van der Waals surface area contributed by atoms with E-state index in [1.54, 1.807) is 36.3 Å². The number of rotatable bonds is 6. The van der Waals surface area contributed by atoms with Gasteiger partial charge in [0, 0.05) is 55.3 Å². The van der Waals surface area contributed by atoms with Crippen LogP contribution in [0.25, 0.3) is 11.1 Å². The Balaban J connectivity index is 1.33. The molecule has 45 heavy (non-hydrogen) atoms. The van der Waals surface area contributed by atoms with Gasteiger partial charge in [0.05, 0.1) is 11.6 Å². The van der Waals surface area contributed by atoms with Gasteiger partial charge in [0.15, 0.2) is 0 Å². The molecule has 0 saturated carbocycles. The van der Waals surface area contributed by atoms with Crippen LogP contribution < -0.4 is 16.2 Å². The van der Waals surface area contributed by atoms with Crippen molar-refractivity contribution >= 4 is 29.0 Å². The Kier molecular flexibility index (Phi) is 8.87. The van der Waals surface area contributed by atoms with E-state index in [1.165, 1.54) is 10.8 Å². The topological polar surface area (TPSA) is 120 Å². The molecule has 2 amide bonds. The van der Waals surface area contributed by atoms with Crippen molar-refractivity contribution in [3.63, 3.8) is 0 Å². The summed E-state index contributed by atoms with van der Waals surface area (Å²) in [5, 5.41) is 15.3. The second kappa shape index (κ2) is 12.8. The number of aromatic nitrogens is 2. The lowest BCUT2D eigenvalue weighted by Crippen LogP contribution is -2.38. The van der Waals surface area contributed by atoms with Gasteiger partial charge in [-0.05, 0) is 78.3 Å². The van der Waals surface area contributed by atoms with Gasteiger partial charge >= 0.3 is 0 Å². The van der Waals surface area contributed by atoms with Gasteiger partial charge in [0.25, 0.3) is 17.4 Å². The number of benzene rings is 2. The number of pyridine rings is 2. The molecule has 2 N–H and O–H groups in total. The molecule has 9 nitrogen and oxygen atoms in total. The SMILES string of the molecule is Cc1c(NC(=O)c2ccc(C(C)(C)C)cc2)cccc1-c1cc(Nc2ccc(C(=O)N3CCC(C#N)CC3)cn2)c(=O)n(C)c1. The second-order valence-electron chi connectivity index (χ2n) is 12.6. The molecule has 3 heterocycles. The summed E-state index contributed by atoms with van der Waals surface area (Å²) >= 11 is 0. The molecule has 2 aromatic carbocycles. The maximum absolute atomic E-state index is 13.1. The summed E-state index contributed by atoms with van der Waals surface area (Å²) in [5.41, 5.74) is 5.47. The fourth-order valence-electron chi connectivity index (χ4n) is 5.48. The average molecular weight is 603 g/mol. The Morgan fingerprint density at radius 2 is 1.67 bits per heavy atom. The van der Waals surface area contributed by atoms with Crippen LogP contribution in [0.2, 0.25) is 0 Å². The number of hydrogen-bond acceptors (Lipinski definition) is 6. The lowest BCUT2D eigenvalue weighted by molar-refractivity contribution is 0.0706. The maximum atomic E-state index is 13.1. The molecule has 4 aromatic rings. The van der Waals surface area contributed by atoms with E-state index in [-0.39, 0.29) is 28.7 Å². The standard InChI is InChI=1S/C36H38N6O3/c1-23-29(7-6-8-30(23)40-33(43)25-9-12-28(13-10-25)36(2,3)4)27-19-31(35(45)41(5)22-27)39-32-14-11-26(21-38-32)34(44)42-17-15-24(20-37)16-18-42/h6-14,19,21-22,24H,15-18H2,1-5H3,(H,38,39)(H,40,43). The van der Waals surface area contributed by atoms with Crippen molar-refractivity contribution in [3.8, 4) is 17.2 Å². The van der Waals surface area contributed by atoms with E-state index in [0.29, 0.717) is 54.3 Å². The molecular weight excluding hydrogens is 564 g/mol. The molecule has 1 saturated heterocycles. The van der Waals surface area contributed by atoms with Crippen LogP contribution in [0, 0.1) is 24.2 Å². The van der Waals surface area contributed by atoms with Gasteiger partial charge in [-0.1, -0.05) is 45.0 Å². The zero-order valence-corrected chi connectivity index (χ0v) is 26.3. The minimum absolute atomic E-state index is 0.000701. The summed E-state index contributed by atoms with van der Waals surface area (Å²) < 4.78 is 1.50. The van der Waals surface area contributed by atoms with Crippen molar-refractivity contribution in [1.82, 2.24) is 14.5 Å². The van der Waals surface area contributed by atoms with Gasteiger partial charge < -0.3 is 20.1 Å². The van der Waals surface area contributed by atoms with E-state index in [9.17, 15) is 14.4 Å². The molecule has 0 unspecified atom stereocenters. The zero-order valence-electron chi connectivity index (χ0n) is 26.3. The van der Waals surface area contributed by atoms with E-state index in [1.807, 2.05) is 49.4 Å². The fourth-order valence-corrected chi connectivity index (χ4v) is 5.48. The van der Waals surface area contributed by atoms with E-state index >= 15 is 0 Å². The second-order valence-corrected chi connectivity index (χ2v) is 12.6. The van der Waals surface area contributed by atoms with E-state index in [0.717, 1.165) is 22.3 Å². The normalized spacial score (nSPS) is 13.6. The number of nitriles is 1. The number of anilines is 3. The first-order valence-corrected chi connectivity index (χ1v) is 15.1. The van der Waals surface area contributed by atoms with E-state index in [2.05, 4.69) is 42.5 Å². The van der Waals surface area contributed by atoms with Crippen LogP contribution in [0.3, 0.4) is 0 Å². The summed E-state index contributed by atoms with van der Waals surface area (Å²) in [4.78, 5) is 45.2. The van der Waals surface area contributed by atoms with Crippen LogP contribution in [0.4, 0.5) is 17.2 Å². The first-order chi connectivity index (χ1) is 21.4. The number of amides is 2. The lowest BCUT2D eigenvalue weighted by atomic mass is 9.86. The van der Waals surface area contributed by atoms with E-state index < -0.39 is 0 Å². The number of hydrogen-bond donors (Lipinski definition) is 2. The molecule has 0 bridgehead atoms. The molecule has 0 aliphatic carbocycles. The highest BCUT2D eigenvalue weighted by molar-refractivity contribution is 6.05. The molecule has 0 radical (unpaired) electrons. The molecule has 0 atom stereocenters. The third-order valence-electron chi connectivity index (χ3n) is 8.33. The molecule has 1 aliphatic heterocycles. The molecule has 1 aliphatic rings. The quantitative estimate of drug-likeness (QED) is 0.263. The Morgan fingerprint density at radius 3 is 2.29 bits per heavy atom. The van der Waals surface area contributed by atoms with Crippen LogP contribution in [0.15, 0.2) is 77.9 Å². The highest BCUT2D eigenvalue weighted by atomic mass is 16.2.